The van der Waals surface area contributed by atoms with Crippen LogP contribution in [0, 0.1) is 0 Å². The fourth-order valence-electron chi connectivity index (χ4n) is 1.80. The van der Waals surface area contributed by atoms with E-state index in [2.05, 4.69) is 31.2 Å². The molecule has 17 heavy (non-hydrogen) atoms. The van der Waals surface area contributed by atoms with Crippen LogP contribution in [0.15, 0.2) is 36.4 Å². The van der Waals surface area contributed by atoms with E-state index in [1.165, 1.54) is 28.2 Å². The lowest BCUT2D eigenvalue weighted by atomic mass is 10.2. The van der Waals surface area contributed by atoms with Gasteiger partial charge in [-0.2, -0.15) is 0 Å². The Balaban J connectivity index is 2.15. The number of rotatable bonds is 5. The predicted octanol–water partition coefficient (Wildman–Crippen LogP) is 4.77. The molecule has 1 heterocycles. The first-order valence-electron chi connectivity index (χ1n) is 6.15. The van der Waals surface area contributed by atoms with Crippen LogP contribution in [0.3, 0.4) is 0 Å². The zero-order valence-electron chi connectivity index (χ0n) is 10.4. The van der Waals surface area contributed by atoms with Crippen LogP contribution < -0.4 is 4.74 Å². The quantitative estimate of drug-likeness (QED) is 0.738. The monoisotopic (exact) mass is 246 g/mol. The first kappa shape index (κ1) is 12.2. The van der Waals surface area contributed by atoms with Crippen LogP contribution in [0.5, 0.6) is 5.75 Å². The first-order valence-corrected chi connectivity index (χ1v) is 6.97. The molecule has 0 N–H and O–H groups in total. The maximum Gasteiger partial charge on any atom is 0.119 e. The van der Waals surface area contributed by atoms with E-state index in [0.29, 0.717) is 0 Å². The standard InChI is InChI=1S/C15H18OS/c1-3-5-14-10-11-15(17-14)12-6-8-13(9-7-12)16-4-2/h6-11H,3-5H2,1-2H3. The molecule has 0 aliphatic carbocycles. The number of ether oxygens (including phenoxy) is 1. The molecule has 2 heteroatoms. The van der Waals surface area contributed by atoms with Gasteiger partial charge in [-0.25, -0.2) is 0 Å². The molecule has 0 aliphatic heterocycles. The molecule has 0 fully saturated rings. The van der Waals surface area contributed by atoms with E-state index in [0.717, 1.165) is 12.4 Å². The Hall–Kier alpha value is -1.28. The van der Waals surface area contributed by atoms with E-state index in [4.69, 9.17) is 4.74 Å². The highest BCUT2D eigenvalue weighted by Crippen LogP contribution is 2.29. The zero-order chi connectivity index (χ0) is 12.1. The third kappa shape index (κ3) is 3.10. The minimum Gasteiger partial charge on any atom is -0.494 e. The molecule has 1 nitrogen and oxygen atoms in total. The Kier molecular flexibility index (Phi) is 4.21. The van der Waals surface area contributed by atoms with Gasteiger partial charge < -0.3 is 4.74 Å². The van der Waals surface area contributed by atoms with Gasteiger partial charge in [-0.1, -0.05) is 13.3 Å². The van der Waals surface area contributed by atoms with Crippen molar-refractivity contribution >= 4 is 11.3 Å². The Morgan fingerprint density at radius 1 is 1.00 bits per heavy atom. The van der Waals surface area contributed by atoms with Gasteiger partial charge in [0.15, 0.2) is 0 Å². The van der Waals surface area contributed by atoms with E-state index in [1.54, 1.807) is 0 Å². The van der Waals surface area contributed by atoms with Crippen LogP contribution in [0.4, 0.5) is 0 Å². The van der Waals surface area contributed by atoms with Crippen LogP contribution in [-0.2, 0) is 6.42 Å². The molecule has 0 radical (unpaired) electrons. The van der Waals surface area contributed by atoms with Gasteiger partial charge in [-0.15, -0.1) is 11.3 Å². The Bertz CT molecular complexity index is 456. The summed E-state index contributed by atoms with van der Waals surface area (Å²) in [4.78, 5) is 2.81. The van der Waals surface area contributed by atoms with Crippen LogP contribution in [0.2, 0.25) is 0 Å². The van der Waals surface area contributed by atoms with Crippen LogP contribution in [-0.4, -0.2) is 6.61 Å². The molecule has 0 atom stereocenters. The summed E-state index contributed by atoms with van der Waals surface area (Å²) in [5, 5.41) is 0. The predicted molar refractivity (Wildman–Crippen MR) is 74.9 cm³/mol. The number of hydrogen-bond acceptors (Lipinski definition) is 2. The molecule has 0 aliphatic rings. The van der Waals surface area contributed by atoms with Gasteiger partial charge in [0.05, 0.1) is 6.61 Å². The van der Waals surface area contributed by atoms with Gasteiger partial charge in [-0.05, 0) is 55.3 Å². The van der Waals surface area contributed by atoms with Gasteiger partial charge in [0.2, 0.25) is 0 Å². The van der Waals surface area contributed by atoms with Crippen LogP contribution >= 0.6 is 11.3 Å². The summed E-state index contributed by atoms with van der Waals surface area (Å²) in [5.41, 5.74) is 1.28. The van der Waals surface area contributed by atoms with Crippen molar-refractivity contribution in [3.05, 3.63) is 41.3 Å². The Labute approximate surface area is 107 Å². The lowest BCUT2D eigenvalue weighted by Crippen LogP contribution is -1.90. The third-order valence-corrected chi connectivity index (χ3v) is 3.80. The average molecular weight is 246 g/mol. The van der Waals surface area contributed by atoms with Crippen LogP contribution in [0.25, 0.3) is 10.4 Å². The highest BCUT2D eigenvalue weighted by atomic mass is 32.1. The van der Waals surface area contributed by atoms with E-state index in [1.807, 2.05) is 30.4 Å². The smallest absolute Gasteiger partial charge is 0.119 e. The molecule has 0 unspecified atom stereocenters. The summed E-state index contributed by atoms with van der Waals surface area (Å²) in [5.74, 6) is 0.946. The summed E-state index contributed by atoms with van der Waals surface area (Å²) in [6, 6.07) is 12.8. The molecule has 0 saturated carbocycles. The molecular formula is C15H18OS. The lowest BCUT2D eigenvalue weighted by molar-refractivity contribution is 0.340. The highest BCUT2D eigenvalue weighted by molar-refractivity contribution is 7.15. The molecular weight excluding hydrogens is 228 g/mol. The number of aryl methyl sites for hydroxylation is 1. The van der Waals surface area contributed by atoms with Crippen molar-refractivity contribution in [3.63, 3.8) is 0 Å². The van der Waals surface area contributed by atoms with E-state index in [9.17, 15) is 0 Å². The fourth-order valence-corrected chi connectivity index (χ4v) is 2.91. The fraction of sp³-hybridized carbons (Fsp3) is 0.333. The molecule has 0 saturated heterocycles. The Morgan fingerprint density at radius 2 is 1.76 bits per heavy atom. The summed E-state index contributed by atoms with van der Waals surface area (Å²) in [7, 11) is 0. The van der Waals surface area contributed by atoms with Crippen molar-refractivity contribution in [3.8, 4) is 16.2 Å². The normalized spacial score (nSPS) is 10.5. The van der Waals surface area contributed by atoms with Crippen molar-refractivity contribution in [1.82, 2.24) is 0 Å². The lowest BCUT2D eigenvalue weighted by Gasteiger charge is -2.03. The van der Waals surface area contributed by atoms with E-state index in [-0.39, 0.29) is 0 Å². The molecule has 2 rings (SSSR count). The second-order valence-corrected chi connectivity index (χ2v) is 5.14. The average Bonchev–Trinajstić information content (AvgIpc) is 2.80. The van der Waals surface area contributed by atoms with Gasteiger partial charge in [0.25, 0.3) is 0 Å². The van der Waals surface area contributed by atoms with Crippen molar-refractivity contribution in [1.29, 1.82) is 0 Å². The third-order valence-electron chi connectivity index (χ3n) is 2.61. The molecule has 1 aromatic heterocycles. The number of thiophene rings is 1. The summed E-state index contributed by atoms with van der Waals surface area (Å²) < 4.78 is 5.44. The van der Waals surface area contributed by atoms with Gasteiger partial charge in [0, 0.05) is 9.75 Å². The molecule has 1 aromatic carbocycles. The minimum absolute atomic E-state index is 0.721. The number of benzene rings is 1. The second-order valence-electron chi connectivity index (χ2n) is 3.97. The van der Waals surface area contributed by atoms with Gasteiger partial charge >= 0.3 is 0 Å². The van der Waals surface area contributed by atoms with Crippen LogP contribution in [0.1, 0.15) is 25.1 Å². The largest absolute Gasteiger partial charge is 0.494 e. The SMILES string of the molecule is CCCc1ccc(-c2ccc(OCC)cc2)s1. The topological polar surface area (TPSA) is 9.23 Å². The summed E-state index contributed by atoms with van der Waals surface area (Å²) in [6.07, 6.45) is 2.39. The van der Waals surface area contributed by atoms with E-state index >= 15 is 0 Å². The van der Waals surface area contributed by atoms with Crippen molar-refractivity contribution in [2.45, 2.75) is 26.7 Å². The minimum atomic E-state index is 0.721. The Morgan fingerprint density at radius 3 is 2.41 bits per heavy atom. The maximum absolute atomic E-state index is 5.44. The molecule has 2 aromatic rings. The molecule has 0 spiro atoms. The number of hydrogen-bond donors (Lipinski definition) is 0. The van der Waals surface area contributed by atoms with Crippen molar-refractivity contribution in [2.75, 3.05) is 6.61 Å². The molecule has 90 valence electrons. The molecule has 0 amide bonds. The maximum atomic E-state index is 5.44. The zero-order valence-corrected chi connectivity index (χ0v) is 11.2. The van der Waals surface area contributed by atoms with Gasteiger partial charge in [-0.3, -0.25) is 0 Å². The van der Waals surface area contributed by atoms with Crippen molar-refractivity contribution < 1.29 is 4.74 Å². The van der Waals surface area contributed by atoms with Gasteiger partial charge in [0.1, 0.15) is 5.75 Å². The summed E-state index contributed by atoms with van der Waals surface area (Å²) in [6.45, 7) is 4.94. The van der Waals surface area contributed by atoms with E-state index < -0.39 is 0 Å². The molecule has 0 bridgehead atoms. The summed E-state index contributed by atoms with van der Waals surface area (Å²) >= 11 is 1.89. The highest BCUT2D eigenvalue weighted by Gasteiger charge is 2.02. The first-order chi connectivity index (χ1) is 8.33. The van der Waals surface area contributed by atoms with Crippen molar-refractivity contribution in [2.24, 2.45) is 0 Å². The second kappa shape index (κ2) is 5.87.